The van der Waals surface area contributed by atoms with Crippen molar-refractivity contribution >= 4 is 21.5 Å². The number of benzene rings is 3. The lowest BCUT2D eigenvalue weighted by atomic mass is 9.96. The fraction of sp³-hybridized carbons (Fsp3) is 0.417. The van der Waals surface area contributed by atoms with Crippen LogP contribution in [0.1, 0.15) is 38.8 Å². The average Bonchev–Trinajstić information content (AvgIpc) is 2.59. The molecule has 2 heteroatoms. The summed E-state index contributed by atoms with van der Waals surface area (Å²) in [6.45, 7) is 14.5. The van der Waals surface area contributed by atoms with E-state index in [2.05, 4.69) is 77.9 Å². The molecule has 3 rings (SSSR count). The summed E-state index contributed by atoms with van der Waals surface area (Å²) in [5.41, 5.74) is 2.55. The van der Waals surface area contributed by atoms with Gasteiger partial charge in [-0.1, -0.05) is 52.0 Å². The van der Waals surface area contributed by atoms with E-state index in [9.17, 15) is 0 Å². The zero-order chi connectivity index (χ0) is 18.8. The second kappa shape index (κ2) is 7.57. The molecule has 0 aliphatic carbocycles. The minimum atomic E-state index is 0.479. The summed E-state index contributed by atoms with van der Waals surface area (Å²) in [5, 5.41) is 4.54. The van der Waals surface area contributed by atoms with Crippen LogP contribution >= 0.6 is 0 Å². The van der Waals surface area contributed by atoms with Crippen molar-refractivity contribution in [2.24, 2.45) is 11.8 Å². The van der Waals surface area contributed by atoms with E-state index in [1.807, 2.05) is 0 Å². The largest absolute Gasteiger partial charge is 0.492 e. The molecule has 3 aromatic carbocycles. The number of hydrogen-bond acceptors (Lipinski definition) is 2. The molecule has 3 aromatic rings. The zero-order valence-corrected chi connectivity index (χ0v) is 16.8. The summed E-state index contributed by atoms with van der Waals surface area (Å²) >= 11 is 0. The maximum atomic E-state index is 6.31. The van der Waals surface area contributed by atoms with Crippen molar-refractivity contribution in [2.75, 3.05) is 13.2 Å². The first kappa shape index (κ1) is 18.6. The molecular weight excluding hydrogens is 320 g/mol. The number of fused-ring (bicyclic) bond motifs is 2. The van der Waals surface area contributed by atoms with Gasteiger partial charge < -0.3 is 9.47 Å². The molecule has 0 radical (unpaired) electrons. The molecule has 0 amide bonds. The van der Waals surface area contributed by atoms with E-state index in [1.54, 1.807) is 0 Å². The monoisotopic (exact) mass is 350 g/mol. The second-order valence-electron chi connectivity index (χ2n) is 8.10. The highest BCUT2D eigenvalue weighted by atomic mass is 16.5. The van der Waals surface area contributed by atoms with Crippen molar-refractivity contribution in [3.8, 4) is 11.5 Å². The maximum Gasteiger partial charge on any atom is 0.135 e. The molecular formula is C24H30O2. The van der Waals surface area contributed by atoms with Crippen molar-refractivity contribution < 1.29 is 9.47 Å². The van der Waals surface area contributed by atoms with Crippen LogP contribution in [0.25, 0.3) is 21.5 Å². The van der Waals surface area contributed by atoms with Gasteiger partial charge in [-0.2, -0.15) is 0 Å². The smallest absolute Gasteiger partial charge is 0.135 e. The van der Waals surface area contributed by atoms with Gasteiger partial charge in [-0.15, -0.1) is 0 Å². The molecule has 0 bridgehead atoms. The third-order valence-corrected chi connectivity index (χ3v) is 4.66. The van der Waals surface area contributed by atoms with E-state index in [4.69, 9.17) is 9.47 Å². The number of hydrogen-bond donors (Lipinski definition) is 0. The van der Waals surface area contributed by atoms with Crippen LogP contribution in [0, 0.1) is 25.7 Å². The third-order valence-electron chi connectivity index (χ3n) is 4.66. The highest BCUT2D eigenvalue weighted by Gasteiger charge is 2.17. The lowest BCUT2D eigenvalue weighted by molar-refractivity contribution is 0.273. The first-order valence-electron chi connectivity index (χ1n) is 9.59. The molecule has 0 fully saturated rings. The normalized spacial score (nSPS) is 11.7. The maximum absolute atomic E-state index is 6.31. The van der Waals surface area contributed by atoms with E-state index >= 15 is 0 Å². The Labute approximate surface area is 157 Å². The van der Waals surface area contributed by atoms with Gasteiger partial charge in [0, 0.05) is 21.5 Å². The lowest BCUT2D eigenvalue weighted by Crippen LogP contribution is -2.08. The molecule has 0 aliphatic rings. The topological polar surface area (TPSA) is 18.5 Å². The number of aryl methyl sites for hydroxylation is 2. The molecule has 138 valence electrons. The first-order valence-corrected chi connectivity index (χ1v) is 9.59. The summed E-state index contributed by atoms with van der Waals surface area (Å²) < 4.78 is 12.6. The summed E-state index contributed by atoms with van der Waals surface area (Å²) in [5.74, 6) is 2.91. The van der Waals surface area contributed by atoms with Gasteiger partial charge in [0.2, 0.25) is 0 Å². The highest BCUT2D eigenvalue weighted by Crippen LogP contribution is 2.43. The Kier molecular flexibility index (Phi) is 5.41. The predicted octanol–water partition coefficient (Wildman–Crippen LogP) is 6.68. The highest BCUT2D eigenvalue weighted by molar-refractivity contribution is 6.11. The van der Waals surface area contributed by atoms with E-state index in [0.29, 0.717) is 25.0 Å². The zero-order valence-electron chi connectivity index (χ0n) is 16.8. The van der Waals surface area contributed by atoms with E-state index < -0.39 is 0 Å². The Hall–Kier alpha value is -2.22. The molecule has 0 aromatic heterocycles. The van der Waals surface area contributed by atoms with Crippen LogP contribution < -0.4 is 9.47 Å². The molecule has 2 nitrogen and oxygen atoms in total. The van der Waals surface area contributed by atoms with E-state index in [-0.39, 0.29) is 0 Å². The van der Waals surface area contributed by atoms with Crippen molar-refractivity contribution in [3.05, 3.63) is 47.5 Å². The number of rotatable bonds is 6. The number of ether oxygens (including phenoxy) is 2. The summed E-state index contributed by atoms with van der Waals surface area (Å²) in [7, 11) is 0. The fourth-order valence-electron chi connectivity index (χ4n) is 3.17. The summed E-state index contributed by atoms with van der Waals surface area (Å²) in [6.07, 6.45) is 0. The first-order chi connectivity index (χ1) is 12.4. The molecule has 0 N–H and O–H groups in total. The molecule has 26 heavy (non-hydrogen) atoms. The SMILES string of the molecule is Cc1cc2c(OCC(C)C)c3ccccc3c(OCC(C)C)c2cc1C. The van der Waals surface area contributed by atoms with E-state index in [0.717, 1.165) is 33.0 Å². The van der Waals surface area contributed by atoms with Crippen molar-refractivity contribution in [1.82, 2.24) is 0 Å². The second-order valence-corrected chi connectivity index (χ2v) is 8.10. The van der Waals surface area contributed by atoms with Gasteiger partial charge >= 0.3 is 0 Å². The fourth-order valence-corrected chi connectivity index (χ4v) is 3.17. The Morgan fingerprint density at radius 2 is 1.04 bits per heavy atom. The van der Waals surface area contributed by atoms with Crippen LogP contribution in [0.3, 0.4) is 0 Å². The van der Waals surface area contributed by atoms with Crippen LogP contribution in [0.2, 0.25) is 0 Å². The Morgan fingerprint density at radius 3 is 1.38 bits per heavy atom. The lowest BCUT2D eigenvalue weighted by Gasteiger charge is -2.20. The summed E-state index contributed by atoms with van der Waals surface area (Å²) in [4.78, 5) is 0. The van der Waals surface area contributed by atoms with Gasteiger partial charge in [-0.3, -0.25) is 0 Å². The Morgan fingerprint density at radius 1 is 0.654 bits per heavy atom. The van der Waals surface area contributed by atoms with Gasteiger partial charge in [-0.05, 0) is 48.9 Å². The van der Waals surface area contributed by atoms with Crippen molar-refractivity contribution in [2.45, 2.75) is 41.5 Å². The van der Waals surface area contributed by atoms with Gasteiger partial charge in [0.05, 0.1) is 13.2 Å². The minimum Gasteiger partial charge on any atom is -0.492 e. The Balaban J connectivity index is 2.33. The molecule has 0 saturated carbocycles. The molecule has 0 saturated heterocycles. The van der Waals surface area contributed by atoms with Gasteiger partial charge in [-0.25, -0.2) is 0 Å². The minimum absolute atomic E-state index is 0.479. The van der Waals surface area contributed by atoms with Gasteiger partial charge in [0.15, 0.2) is 0 Å². The standard InChI is InChI=1S/C24H30O2/c1-15(2)13-25-23-19-9-7-8-10-20(19)24(26-14-16(3)4)22-12-18(6)17(5)11-21(22)23/h7-12,15-16H,13-14H2,1-6H3. The molecule has 0 aliphatic heterocycles. The van der Waals surface area contributed by atoms with Crippen LogP contribution in [0.5, 0.6) is 11.5 Å². The summed E-state index contributed by atoms with van der Waals surface area (Å²) in [6, 6.07) is 12.9. The van der Waals surface area contributed by atoms with Gasteiger partial charge in [0.1, 0.15) is 11.5 Å². The third kappa shape index (κ3) is 3.65. The predicted molar refractivity (Wildman–Crippen MR) is 112 cm³/mol. The van der Waals surface area contributed by atoms with Crippen LogP contribution in [0.4, 0.5) is 0 Å². The van der Waals surface area contributed by atoms with Crippen LogP contribution in [0.15, 0.2) is 36.4 Å². The van der Waals surface area contributed by atoms with Gasteiger partial charge in [0.25, 0.3) is 0 Å². The molecule has 0 heterocycles. The van der Waals surface area contributed by atoms with Crippen molar-refractivity contribution in [3.63, 3.8) is 0 Å². The quantitative estimate of drug-likeness (QED) is 0.462. The average molecular weight is 351 g/mol. The van der Waals surface area contributed by atoms with Crippen molar-refractivity contribution in [1.29, 1.82) is 0 Å². The van der Waals surface area contributed by atoms with Crippen LogP contribution in [-0.4, -0.2) is 13.2 Å². The Bertz CT molecular complexity index is 847. The molecule has 0 unspecified atom stereocenters. The molecule has 0 atom stereocenters. The van der Waals surface area contributed by atoms with Crippen LogP contribution in [-0.2, 0) is 0 Å². The van der Waals surface area contributed by atoms with E-state index in [1.165, 1.54) is 11.1 Å². The molecule has 0 spiro atoms.